The highest BCUT2D eigenvalue weighted by atomic mass is 28.4. The normalized spacial score (nSPS) is 23.7. The van der Waals surface area contributed by atoms with E-state index in [0.29, 0.717) is 5.92 Å². The van der Waals surface area contributed by atoms with Crippen LogP contribution in [-0.2, 0) is 14.0 Å². The molecule has 0 amide bonds. The summed E-state index contributed by atoms with van der Waals surface area (Å²) in [7, 11) is -1.66. The maximum absolute atomic E-state index is 11.0. The lowest BCUT2D eigenvalue weighted by Gasteiger charge is -2.36. The molecule has 0 aliphatic heterocycles. The van der Waals surface area contributed by atoms with Gasteiger partial charge in [-0.3, -0.25) is 4.79 Å². The Bertz CT molecular complexity index is 342. The molecule has 1 rings (SSSR count). The summed E-state index contributed by atoms with van der Waals surface area (Å²) in [6, 6.07) is 0. The van der Waals surface area contributed by atoms with Gasteiger partial charge in [-0.15, -0.1) is 0 Å². The first-order valence-corrected chi connectivity index (χ1v) is 10.0. The highest BCUT2D eigenvalue weighted by molar-refractivity contribution is 6.74. The van der Waals surface area contributed by atoms with Crippen LogP contribution < -0.4 is 0 Å². The van der Waals surface area contributed by atoms with Crippen molar-refractivity contribution in [1.82, 2.24) is 0 Å². The molecule has 19 heavy (non-hydrogen) atoms. The van der Waals surface area contributed by atoms with Gasteiger partial charge < -0.3 is 9.16 Å². The number of ether oxygens (including phenoxy) is 1. The minimum absolute atomic E-state index is 0.0144. The van der Waals surface area contributed by atoms with E-state index in [0.717, 1.165) is 19.4 Å². The molecule has 0 fully saturated rings. The van der Waals surface area contributed by atoms with E-state index >= 15 is 0 Å². The third-order valence-electron chi connectivity index (χ3n) is 4.27. The molecule has 1 aliphatic rings. The Balaban J connectivity index is 2.40. The lowest BCUT2D eigenvalue weighted by molar-refractivity contribution is -0.147. The maximum atomic E-state index is 11.0. The van der Waals surface area contributed by atoms with Gasteiger partial charge in [-0.2, -0.15) is 0 Å². The largest absolute Gasteiger partial charge is 0.462 e. The Labute approximate surface area is 118 Å². The molecule has 0 radical (unpaired) electrons. The van der Waals surface area contributed by atoms with Crippen LogP contribution >= 0.6 is 0 Å². The van der Waals surface area contributed by atoms with Gasteiger partial charge in [-0.1, -0.05) is 32.9 Å². The van der Waals surface area contributed by atoms with Gasteiger partial charge in [0.25, 0.3) is 0 Å². The number of hydrogen-bond acceptors (Lipinski definition) is 3. The quantitative estimate of drug-likeness (QED) is 0.436. The number of carbonyl (C=O) groups excluding carboxylic acids is 1. The van der Waals surface area contributed by atoms with Gasteiger partial charge in [0.1, 0.15) is 6.10 Å². The average molecular weight is 284 g/mol. The summed E-state index contributed by atoms with van der Waals surface area (Å²) in [5, 5.41) is 0.244. The van der Waals surface area contributed by atoms with E-state index in [2.05, 4.69) is 46.0 Å². The van der Waals surface area contributed by atoms with Gasteiger partial charge in [0, 0.05) is 25.9 Å². The van der Waals surface area contributed by atoms with Crippen molar-refractivity contribution < 1.29 is 14.0 Å². The summed E-state index contributed by atoms with van der Waals surface area (Å²) in [6.07, 6.45) is 6.04. The van der Waals surface area contributed by atoms with Crippen LogP contribution in [0.5, 0.6) is 0 Å². The Morgan fingerprint density at radius 3 is 2.53 bits per heavy atom. The smallest absolute Gasteiger partial charge is 0.302 e. The molecule has 0 aromatic rings. The van der Waals surface area contributed by atoms with Gasteiger partial charge in [0.15, 0.2) is 8.32 Å². The molecule has 2 atom stereocenters. The molecule has 0 aromatic carbocycles. The fourth-order valence-electron chi connectivity index (χ4n) is 1.98. The molecular formula is C15H28O3Si. The molecule has 0 spiro atoms. The van der Waals surface area contributed by atoms with Crippen molar-refractivity contribution in [2.45, 2.75) is 64.8 Å². The molecule has 0 unspecified atom stereocenters. The molecule has 0 saturated carbocycles. The molecule has 0 saturated heterocycles. The van der Waals surface area contributed by atoms with Crippen molar-refractivity contribution in [1.29, 1.82) is 0 Å². The Kier molecular flexibility index (Phi) is 5.39. The molecule has 4 heteroatoms. The predicted octanol–water partition coefficient (Wildman–Crippen LogP) is 3.91. The number of hydrogen-bond donors (Lipinski definition) is 0. The Hall–Kier alpha value is -0.613. The van der Waals surface area contributed by atoms with E-state index in [4.69, 9.17) is 9.16 Å². The van der Waals surface area contributed by atoms with E-state index in [1.165, 1.54) is 6.92 Å². The lowest BCUT2D eigenvalue weighted by Crippen LogP contribution is -2.41. The fraction of sp³-hybridized carbons (Fsp3) is 0.800. The van der Waals surface area contributed by atoms with Crippen molar-refractivity contribution in [3.8, 4) is 0 Å². The van der Waals surface area contributed by atoms with Crippen LogP contribution in [0.4, 0.5) is 0 Å². The summed E-state index contributed by atoms with van der Waals surface area (Å²) >= 11 is 0. The third-order valence-corrected chi connectivity index (χ3v) is 8.81. The molecular weight excluding hydrogens is 256 g/mol. The summed E-state index contributed by atoms with van der Waals surface area (Å²) < 4.78 is 11.5. The van der Waals surface area contributed by atoms with E-state index < -0.39 is 8.32 Å². The van der Waals surface area contributed by atoms with Gasteiger partial charge in [-0.25, -0.2) is 0 Å². The van der Waals surface area contributed by atoms with Crippen LogP contribution in [0.2, 0.25) is 18.1 Å². The molecule has 110 valence electrons. The minimum Gasteiger partial charge on any atom is -0.462 e. The van der Waals surface area contributed by atoms with Crippen LogP contribution in [0.1, 0.15) is 40.5 Å². The zero-order valence-electron chi connectivity index (χ0n) is 13.2. The topological polar surface area (TPSA) is 35.5 Å². The van der Waals surface area contributed by atoms with Crippen molar-refractivity contribution in [3.63, 3.8) is 0 Å². The second-order valence-corrected chi connectivity index (χ2v) is 11.7. The highest BCUT2D eigenvalue weighted by Gasteiger charge is 2.37. The number of rotatable bonds is 5. The SMILES string of the molecule is CC(=O)O[C@@H]1CC=C[C@@H]1CCO[Si](C)(C)C(C)(C)C. The van der Waals surface area contributed by atoms with E-state index in [-0.39, 0.29) is 17.1 Å². The van der Waals surface area contributed by atoms with Crippen molar-refractivity contribution in [2.75, 3.05) is 6.61 Å². The van der Waals surface area contributed by atoms with Gasteiger partial charge in [0.2, 0.25) is 0 Å². The summed E-state index contributed by atoms with van der Waals surface area (Å²) in [4.78, 5) is 11.0. The first-order valence-electron chi connectivity index (χ1n) is 7.11. The first kappa shape index (κ1) is 16.4. The standard InChI is InChI=1S/C15H28O3Si/c1-12(16)18-14-9-7-8-13(14)10-11-17-19(5,6)15(2,3)4/h7-8,13-14H,9-11H2,1-6H3/t13-,14-/m1/s1. The molecule has 3 nitrogen and oxygen atoms in total. The highest BCUT2D eigenvalue weighted by Crippen LogP contribution is 2.37. The van der Waals surface area contributed by atoms with E-state index in [1.54, 1.807) is 0 Å². The second-order valence-electron chi connectivity index (χ2n) is 6.87. The summed E-state index contributed by atoms with van der Waals surface area (Å²) in [5.41, 5.74) is 0. The van der Waals surface area contributed by atoms with Gasteiger partial charge >= 0.3 is 5.97 Å². The van der Waals surface area contributed by atoms with Gasteiger partial charge in [0.05, 0.1) is 0 Å². The molecule has 0 N–H and O–H groups in total. The zero-order valence-corrected chi connectivity index (χ0v) is 14.2. The molecule has 0 aromatic heterocycles. The van der Waals surface area contributed by atoms with Crippen LogP contribution in [0, 0.1) is 5.92 Å². The summed E-state index contributed by atoms with van der Waals surface area (Å²) in [5.74, 6) is 0.123. The number of carbonyl (C=O) groups is 1. The first-order chi connectivity index (χ1) is 8.63. The van der Waals surface area contributed by atoms with Crippen LogP contribution in [-0.4, -0.2) is 27.0 Å². The fourth-order valence-corrected chi connectivity index (χ4v) is 3.04. The third kappa shape index (κ3) is 4.77. The molecule has 1 aliphatic carbocycles. The lowest BCUT2D eigenvalue weighted by atomic mass is 10.0. The predicted molar refractivity (Wildman–Crippen MR) is 80.6 cm³/mol. The number of esters is 1. The van der Waals surface area contributed by atoms with E-state index in [1.807, 2.05) is 0 Å². The molecule has 0 bridgehead atoms. The second kappa shape index (κ2) is 6.22. The average Bonchev–Trinajstić information content (AvgIpc) is 2.63. The van der Waals surface area contributed by atoms with Crippen molar-refractivity contribution in [3.05, 3.63) is 12.2 Å². The van der Waals surface area contributed by atoms with Crippen molar-refractivity contribution >= 4 is 14.3 Å². The molecule has 0 heterocycles. The monoisotopic (exact) mass is 284 g/mol. The van der Waals surface area contributed by atoms with Crippen LogP contribution in [0.15, 0.2) is 12.2 Å². The Morgan fingerprint density at radius 2 is 2.00 bits per heavy atom. The summed E-state index contributed by atoms with van der Waals surface area (Å²) in [6.45, 7) is 13.5. The van der Waals surface area contributed by atoms with Crippen LogP contribution in [0.3, 0.4) is 0 Å². The van der Waals surface area contributed by atoms with Gasteiger partial charge in [-0.05, 0) is 24.6 Å². The minimum atomic E-state index is -1.66. The van der Waals surface area contributed by atoms with Crippen LogP contribution in [0.25, 0.3) is 0 Å². The van der Waals surface area contributed by atoms with E-state index in [9.17, 15) is 4.79 Å². The maximum Gasteiger partial charge on any atom is 0.302 e. The zero-order chi connectivity index (χ0) is 14.7. The Morgan fingerprint density at radius 1 is 1.37 bits per heavy atom. The van der Waals surface area contributed by atoms with Crippen molar-refractivity contribution in [2.24, 2.45) is 5.92 Å².